The van der Waals surface area contributed by atoms with E-state index in [1.165, 1.54) is 5.06 Å². The molecule has 0 heterocycles. The predicted molar refractivity (Wildman–Crippen MR) is 74.9 cm³/mol. The molecule has 0 aliphatic rings. The van der Waals surface area contributed by atoms with Crippen LogP contribution in [0, 0.1) is 13.8 Å². The summed E-state index contributed by atoms with van der Waals surface area (Å²) in [6, 6.07) is 5.85. The van der Waals surface area contributed by atoms with Gasteiger partial charge in [-0.25, -0.2) is 0 Å². The van der Waals surface area contributed by atoms with Crippen LogP contribution >= 0.6 is 11.6 Å². The van der Waals surface area contributed by atoms with Crippen molar-refractivity contribution in [1.29, 1.82) is 0 Å². The molecule has 0 aromatic heterocycles. The normalized spacial score (nSPS) is 12.6. The lowest BCUT2D eigenvalue weighted by molar-refractivity contribution is -0.127. The summed E-state index contributed by atoms with van der Waals surface area (Å²) < 4.78 is 0. The molecule has 1 aromatic carbocycles. The number of aryl methyl sites for hydroxylation is 2. The lowest BCUT2D eigenvalue weighted by Gasteiger charge is -2.27. The summed E-state index contributed by atoms with van der Waals surface area (Å²) in [5, 5.41) is 0.704. The molecule has 0 aliphatic heterocycles. The Bertz CT molecular complexity index is 410. The molecule has 0 radical (unpaired) electrons. The van der Waals surface area contributed by atoms with Gasteiger partial charge in [-0.3, -0.25) is 9.63 Å². The van der Waals surface area contributed by atoms with Gasteiger partial charge in [-0.1, -0.05) is 18.2 Å². The Hall–Kier alpha value is -1.06. The van der Waals surface area contributed by atoms with E-state index in [-0.39, 0.29) is 12.0 Å². The van der Waals surface area contributed by atoms with Gasteiger partial charge in [0, 0.05) is 0 Å². The largest absolute Gasteiger partial charge is 0.270 e. The molecule has 1 atom stereocenters. The van der Waals surface area contributed by atoms with Crippen LogP contribution in [0.2, 0.25) is 0 Å². The van der Waals surface area contributed by atoms with Crippen molar-refractivity contribution in [3.63, 3.8) is 0 Å². The van der Waals surface area contributed by atoms with Crippen LogP contribution in [0.15, 0.2) is 18.2 Å². The minimum absolute atomic E-state index is 0.0941. The summed E-state index contributed by atoms with van der Waals surface area (Å²) in [5.74, 6) is -0.247. The second kappa shape index (κ2) is 6.21. The quantitative estimate of drug-likeness (QED) is 0.617. The number of benzene rings is 1. The minimum Gasteiger partial charge on any atom is -0.270 e. The van der Waals surface area contributed by atoms with Crippen molar-refractivity contribution in [2.75, 3.05) is 5.06 Å². The third-order valence-electron chi connectivity index (χ3n) is 2.50. The fourth-order valence-corrected chi connectivity index (χ4v) is 1.80. The Kier molecular flexibility index (Phi) is 5.17. The summed E-state index contributed by atoms with van der Waals surface area (Å²) in [5.41, 5.74) is 2.76. The van der Waals surface area contributed by atoms with Crippen LogP contribution in [-0.2, 0) is 9.63 Å². The molecule has 0 N–H and O–H groups in total. The lowest BCUT2D eigenvalue weighted by Crippen LogP contribution is -2.38. The van der Waals surface area contributed by atoms with Crippen molar-refractivity contribution >= 4 is 23.2 Å². The van der Waals surface area contributed by atoms with Crippen LogP contribution in [-0.4, -0.2) is 17.4 Å². The van der Waals surface area contributed by atoms with Gasteiger partial charge in [-0.15, -0.1) is 11.6 Å². The van der Waals surface area contributed by atoms with E-state index in [1.807, 2.05) is 45.9 Å². The molecule has 100 valence electrons. The maximum atomic E-state index is 12.2. The molecule has 0 saturated heterocycles. The molecule has 1 unspecified atom stereocenters. The number of hydroxylamine groups is 1. The Morgan fingerprint density at radius 1 is 1.22 bits per heavy atom. The predicted octanol–water partition coefficient (Wildman–Crippen LogP) is 3.60. The molecule has 0 bridgehead atoms. The smallest absolute Gasteiger partial charge is 0.268 e. The summed E-state index contributed by atoms with van der Waals surface area (Å²) in [7, 11) is 0. The van der Waals surface area contributed by atoms with E-state index in [0.29, 0.717) is 0 Å². The van der Waals surface area contributed by atoms with E-state index < -0.39 is 5.38 Å². The monoisotopic (exact) mass is 269 g/mol. The van der Waals surface area contributed by atoms with Gasteiger partial charge in [0.25, 0.3) is 5.91 Å². The second-order valence-corrected chi connectivity index (χ2v) is 5.30. The average molecular weight is 270 g/mol. The van der Waals surface area contributed by atoms with Crippen LogP contribution in [0.1, 0.15) is 31.9 Å². The van der Waals surface area contributed by atoms with Gasteiger partial charge in [-0.2, -0.15) is 5.06 Å². The van der Waals surface area contributed by atoms with Gasteiger partial charge in [0.2, 0.25) is 0 Å². The number of carbonyl (C=O) groups is 1. The number of rotatable bonds is 4. The summed E-state index contributed by atoms with van der Waals surface area (Å²) in [4.78, 5) is 17.8. The number of anilines is 1. The highest BCUT2D eigenvalue weighted by Gasteiger charge is 2.25. The third kappa shape index (κ3) is 3.47. The SMILES string of the molecule is Cc1cccc(C)c1N(OC(C)C)C(=O)C(C)Cl. The molecule has 1 rings (SSSR count). The average Bonchev–Trinajstić information content (AvgIpc) is 2.25. The van der Waals surface area contributed by atoms with Gasteiger partial charge in [0.05, 0.1) is 11.8 Å². The number of amides is 1. The number of hydrogen-bond acceptors (Lipinski definition) is 2. The molecular weight excluding hydrogens is 250 g/mol. The summed E-state index contributed by atoms with van der Waals surface area (Å²) in [6.07, 6.45) is -0.0941. The van der Waals surface area contributed by atoms with Gasteiger partial charge in [-0.05, 0) is 45.7 Å². The molecule has 1 amide bonds. The van der Waals surface area contributed by atoms with Crippen LogP contribution in [0.5, 0.6) is 0 Å². The standard InChI is InChI=1S/C14H20ClNO2/c1-9(2)18-16(14(17)12(5)15)13-10(3)7-6-8-11(13)4/h6-9,12H,1-5H3. The lowest BCUT2D eigenvalue weighted by atomic mass is 10.1. The highest BCUT2D eigenvalue weighted by atomic mass is 35.5. The summed E-state index contributed by atoms with van der Waals surface area (Å²) in [6.45, 7) is 9.31. The molecule has 0 spiro atoms. The number of para-hydroxylation sites is 1. The van der Waals surface area contributed by atoms with Crippen LogP contribution in [0.25, 0.3) is 0 Å². The van der Waals surface area contributed by atoms with Crippen LogP contribution < -0.4 is 5.06 Å². The Balaban J connectivity index is 3.21. The topological polar surface area (TPSA) is 29.5 Å². The first kappa shape index (κ1) is 15.0. The Labute approximate surface area is 114 Å². The fraction of sp³-hybridized carbons (Fsp3) is 0.500. The molecule has 0 saturated carbocycles. The molecule has 0 fully saturated rings. The number of hydrogen-bond donors (Lipinski definition) is 0. The zero-order chi connectivity index (χ0) is 13.9. The maximum absolute atomic E-state index is 12.2. The fourth-order valence-electron chi connectivity index (χ4n) is 1.71. The Morgan fingerprint density at radius 2 is 1.72 bits per heavy atom. The molecule has 0 aliphatic carbocycles. The first-order chi connectivity index (χ1) is 8.34. The van der Waals surface area contributed by atoms with E-state index in [1.54, 1.807) is 6.92 Å². The molecule has 4 heteroatoms. The van der Waals surface area contributed by atoms with E-state index in [2.05, 4.69) is 0 Å². The van der Waals surface area contributed by atoms with Crippen molar-refractivity contribution in [1.82, 2.24) is 0 Å². The maximum Gasteiger partial charge on any atom is 0.268 e. The number of halogens is 1. The Morgan fingerprint density at radius 3 is 2.11 bits per heavy atom. The number of alkyl halides is 1. The zero-order valence-electron chi connectivity index (χ0n) is 11.5. The number of nitrogens with zero attached hydrogens (tertiary/aromatic N) is 1. The van der Waals surface area contributed by atoms with Gasteiger partial charge in [0.15, 0.2) is 0 Å². The minimum atomic E-state index is -0.622. The van der Waals surface area contributed by atoms with E-state index in [4.69, 9.17) is 16.4 Å². The van der Waals surface area contributed by atoms with Gasteiger partial charge >= 0.3 is 0 Å². The van der Waals surface area contributed by atoms with Crippen molar-refractivity contribution < 1.29 is 9.63 Å². The van der Waals surface area contributed by atoms with Crippen molar-refractivity contribution in [2.24, 2.45) is 0 Å². The van der Waals surface area contributed by atoms with Crippen molar-refractivity contribution in [3.8, 4) is 0 Å². The van der Waals surface area contributed by atoms with Crippen molar-refractivity contribution in [3.05, 3.63) is 29.3 Å². The molecular formula is C14H20ClNO2. The molecule has 1 aromatic rings. The highest BCUT2D eigenvalue weighted by Crippen LogP contribution is 2.26. The third-order valence-corrected chi connectivity index (χ3v) is 2.69. The number of carbonyl (C=O) groups excluding carboxylic acids is 1. The highest BCUT2D eigenvalue weighted by molar-refractivity contribution is 6.32. The van der Waals surface area contributed by atoms with Crippen LogP contribution in [0.4, 0.5) is 5.69 Å². The first-order valence-corrected chi connectivity index (χ1v) is 6.49. The summed E-state index contributed by atoms with van der Waals surface area (Å²) >= 11 is 5.89. The van der Waals surface area contributed by atoms with Crippen LogP contribution in [0.3, 0.4) is 0 Å². The van der Waals surface area contributed by atoms with Crippen molar-refractivity contribution in [2.45, 2.75) is 46.1 Å². The van der Waals surface area contributed by atoms with E-state index in [9.17, 15) is 4.79 Å². The van der Waals surface area contributed by atoms with Gasteiger partial charge in [0.1, 0.15) is 5.38 Å². The zero-order valence-corrected chi connectivity index (χ0v) is 12.3. The first-order valence-electron chi connectivity index (χ1n) is 6.05. The van der Waals surface area contributed by atoms with E-state index >= 15 is 0 Å². The molecule has 3 nitrogen and oxygen atoms in total. The molecule has 18 heavy (non-hydrogen) atoms. The second-order valence-electron chi connectivity index (χ2n) is 4.64. The van der Waals surface area contributed by atoms with Gasteiger partial charge < -0.3 is 0 Å². The van der Waals surface area contributed by atoms with E-state index in [0.717, 1.165) is 16.8 Å².